The summed E-state index contributed by atoms with van der Waals surface area (Å²) in [5.41, 5.74) is 4.68. The van der Waals surface area contributed by atoms with Gasteiger partial charge in [-0.25, -0.2) is 4.39 Å². The molecule has 0 nitrogen and oxygen atoms in total. The number of hydrogen-bond acceptors (Lipinski definition) is 0. The molecule has 0 saturated carbocycles. The van der Waals surface area contributed by atoms with Crippen molar-refractivity contribution in [2.45, 2.75) is 6.92 Å². The molecule has 0 heterocycles. The molecule has 0 N–H and O–H groups in total. The van der Waals surface area contributed by atoms with Gasteiger partial charge in [0.25, 0.3) is 0 Å². The normalized spacial score (nSPS) is 10.7. The first-order valence-electron chi connectivity index (χ1n) is 6.96. The van der Waals surface area contributed by atoms with Gasteiger partial charge in [0.05, 0.1) is 0 Å². The van der Waals surface area contributed by atoms with Crippen LogP contribution in [0.2, 0.25) is 0 Å². The summed E-state index contributed by atoms with van der Waals surface area (Å²) in [6.45, 7) is 2.03. The van der Waals surface area contributed by atoms with Crippen LogP contribution in [0.4, 0.5) is 4.39 Å². The molecule has 0 saturated heterocycles. The Morgan fingerprint density at radius 2 is 1.45 bits per heavy atom. The number of benzene rings is 3. The third-order valence-corrected chi connectivity index (χ3v) is 4.89. The minimum Gasteiger partial charge on any atom is -0.206 e. The van der Waals surface area contributed by atoms with E-state index in [1.165, 1.54) is 5.56 Å². The SMILES string of the molecule is Cc1ccc(-c2ccc(-c3ccc(P)cc3I)cc2F)cc1. The Morgan fingerprint density at radius 3 is 2.09 bits per heavy atom. The number of halogens is 2. The zero-order valence-electron chi connectivity index (χ0n) is 12.1. The van der Waals surface area contributed by atoms with Gasteiger partial charge in [-0.2, -0.15) is 0 Å². The number of aryl methyl sites for hydroxylation is 1. The van der Waals surface area contributed by atoms with Gasteiger partial charge in [0.1, 0.15) is 5.82 Å². The van der Waals surface area contributed by atoms with E-state index < -0.39 is 0 Å². The fraction of sp³-hybridized carbons (Fsp3) is 0.0526. The third-order valence-electron chi connectivity index (χ3n) is 3.64. The Hall–Kier alpha value is -1.25. The van der Waals surface area contributed by atoms with Crippen LogP contribution in [0.15, 0.2) is 60.7 Å². The maximum atomic E-state index is 14.5. The lowest BCUT2D eigenvalue weighted by atomic mass is 9.99. The van der Waals surface area contributed by atoms with Crippen LogP contribution in [0, 0.1) is 16.3 Å². The van der Waals surface area contributed by atoms with Crippen molar-refractivity contribution >= 4 is 37.1 Å². The summed E-state index contributed by atoms with van der Waals surface area (Å²) >= 11 is 2.29. The number of rotatable bonds is 2. The summed E-state index contributed by atoms with van der Waals surface area (Å²) in [6, 6.07) is 19.5. The van der Waals surface area contributed by atoms with E-state index in [9.17, 15) is 4.39 Å². The Bertz CT molecular complexity index is 825. The van der Waals surface area contributed by atoms with Gasteiger partial charge in [-0.3, -0.25) is 0 Å². The van der Waals surface area contributed by atoms with E-state index >= 15 is 0 Å². The van der Waals surface area contributed by atoms with E-state index in [0.29, 0.717) is 5.56 Å². The quantitative estimate of drug-likeness (QED) is 0.376. The van der Waals surface area contributed by atoms with Crippen molar-refractivity contribution in [3.05, 3.63) is 75.6 Å². The molecule has 0 aliphatic heterocycles. The lowest BCUT2D eigenvalue weighted by molar-refractivity contribution is 0.632. The molecule has 3 aromatic carbocycles. The fourth-order valence-corrected chi connectivity index (χ4v) is 3.87. The van der Waals surface area contributed by atoms with Crippen LogP contribution >= 0.6 is 31.8 Å². The van der Waals surface area contributed by atoms with Crippen LogP contribution in [0.3, 0.4) is 0 Å². The molecule has 0 bridgehead atoms. The summed E-state index contributed by atoms with van der Waals surface area (Å²) in [5.74, 6) is -0.188. The van der Waals surface area contributed by atoms with E-state index in [0.717, 1.165) is 25.6 Å². The average molecular weight is 420 g/mol. The molecular weight excluding hydrogens is 405 g/mol. The molecule has 3 rings (SSSR count). The van der Waals surface area contributed by atoms with Crippen molar-refractivity contribution < 1.29 is 4.39 Å². The maximum Gasteiger partial charge on any atom is 0.131 e. The van der Waals surface area contributed by atoms with Crippen LogP contribution in [0.25, 0.3) is 22.3 Å². The van der Waals surface area contributed by atoms with E-state index in [-0.39, 0.29) is 5.82 Å². The van der Waals surface area contributed by atoms with Gasteiger partial charge < -0.3 is 0 Å². The monoisotopic (exact) mass is 420 g/mol. The minimum absolute atomic E-state index is 0.188. The van der Waals surface area contributed by atoms with E-state index in [4.69, 9.17) is 0 Å². The average Bonchev–Trinajstić information content (AvgIpc) is 2.48. The van der Waals surface area contributed by atoms with Crippen LogP contribution in [-0.4, -0.2) is 0 Å². The molecule has 0 aromatic heterocycles. The van der Waals surface area contributed by atoms with Crippen molar-refractivity contribution in [1.29, 1.82) is 0 Å². The second-order valence-corrected chi connectivity index (χ2v) is 7.13. The largest absolute Gasteiger partial charge is 0.206 e. The molecule has 3 aromatic rings. The molecule has 1 unspecified atom stereocenters. The molecule has 0 spiro atoms. The van der Waals surface area contributed by atoms with Crippen molar-refractivity contribution in [2.75, 3.05) is 0 Å². The summed E-state index contributed by atoms with van der Waals surface area (Å²) in [5, 5.41) is 1.13. The third kappa shape index (κ3) is 3.23. The van der Waals surface area contributed by atoms with E-state index in [1.54, 1.807) is 6.07 Å². The molecule has 22 heavy (non-hydrogen) atoms. The molecule has 3 heteroatoms. The van der Waals surface area contributed by atoms with Crippen molar-refractivity contribution in [3.63, 3.8) is 0 Å². The lowest BCUT2D eigenvalue weighted by Crippen LogP contribution is -1.94. The highest BCUT2D eigenvalue weighted by molar-refractivity contribution is 14.1. The van der Waals surface area contributed by atoms with Crippen molar-refractivity contribution in [1.82, 2.24) is 0 Å². The molecule has 0 radical (unpaired) electrons. The zero-order chi connectivity index (χ0) is 15.7. The topological polar surface area (TPSA) is 0 Å². The molecule has 0 aliphatic rings. The predicted octanol–water partition coefficient (Wildman–Crippen LogP) is 5.57. The van der Waals surface area contributed by atoms with Gasteiger partial charge >= 0.3 is 0 Å². The Balaban J connectivity index is 2.03. The molecule has 0 amide bonds. The summed E-state index contributed by atoms with van der Waals surface area (Å²) in [6.07, 6.45) is 0. The predicted molar refractivity (Wildman–Crippen MR) is 104 cm³/mol. The minimum atomic E-state index is -0.188. The first-order chi connectivity index (χ1) is 10.5. The highest BCUT2D eigenvalue weighted by atomic mass is 127. The Labute approximate surface area is 146 Å². The Morgan fingerprint density at radius 1 is 0.818 bits per heavy atom. The van der Waals surface area contributed by atoms with E-state index in [2.05, 4.69) is 37.9 Å². The molecule has 0 aliphatic carbocycles. The maximum absolute atomic E-state index is 14.5. The smallest absolute Gasteiger partial charge is 0.131 e. The van der Waals surface area contributed by atoms with Crippen LogP contribution < -0.4 is 5.30 Å². The van der Waals surface area contributed by atoms with Gasteiger partial charge in [-0.05, 0) is 63.6 Å². The summed E-state index contributed by atoms with van der Waals surface area (Å²) in [4.78, 5) is 0. The first-order valence-corrected chi connectivity index (χ1v) is 8.62. The highest BCUT2D eigenvalue weighted by Gasteiger charge is 2.09. The van der Waals surface area contributed by atoms with Gasteiger partial charge in [0, 0.05) is 9.13 Å². The molecular formula is C19H15FIP. The van der Waals surface area contributed by atoms with Crippen LogP contribution in [-0.2, 0) is 0 Å². The second kappa shape index (κ2) is 6.47. The van der Waals surface area contributed by atoms with Gasteiger partial charge in [-0.1, -0.05) is 54.1 Å². The van der Waals surface area contributed by atoms with E-state index in [1.807, 2.05) is 55.5 Å². The fourth-order valence-electron chi connectivity index (χ4n) is 2.42. The second-order valence-electron chi connectivity index (χ2n) is 5.30. The first kappa shape index (κ1) is 15.6. The van der Waals surface area contributed by atoms with Crippen LogP contribution in [0.1, 0.15) is 5.56 Å². The number of hydrogen-bond donors (Lipinski definition) is 0. The van der Waals surface area contributed by atoms with Gasteiger partial charge in [-0.15, -0.1) is 9.24 Å². The standard InChI is InChI=1S/C19H15FIP/c1-12-2-4-13(5-3-12)16-8-6-14(10-18(16)20)17-9-7-15(22)11-19(17)21/h2-11H,22H2,1H3. The summed E-state index contributed by atoms with van der Waals surface area (Å²) < 4.78 is 15.6. The van der Waals surface area contributed by atoms with Gasteiger partial charge in [0.2, 0.25) is 0 Å². The Kier molecular flexibility index (Phi) is 4.60. The lowest BCUT2D eigenvalue weighted by Gasteiger charge is -2.09. The van der Waals surface area contributed by atoms with Gasteiger partial charge in [0.15, 0.2) is 0 Å². The highest BCUT2D eigenvalue weighted by Crippen LogP contribution is 2.30. The zero-order valence-corrected chi connectivity index (χ0v) is 15.4. The van der Waals surface area contributed by atoms with Crippen LogP contribution in [0.5, 0.6) is 0 Å². The molecule has 1 atom stereocenters. The van der Waals surface area contributed by atoms with Crippen molar-refractivity contribution in [3.8, 4) is 22.3 Å². The molecule has 110 valence electrons. The van der Waals surface area contributed by atoms with Crippen molar-refractivity contribution in [2.24, 2.45) is 0 Å². The summed E-state index contributed by atoms with van der Waals surface area (Å²) in [7, 11) is 2.68. The molecule has 0 fully saturated rings.